The van der Waals surface area contributed by atoms with Crippen LogP contribution >= 0.6 is 0 Å². The highest BCUT2D eigenvalue weighted by atomic mass is 16.1. The lowest BCUT2D eigenvalue weighted by molar-refractivity contribution is -0.119. The van der Waals surface area contributed by atoms with Gasteiger partial charge in [0.1, 0.15) is 5.82 Å². The number of rotatable bonds is 4. The number of hydrogen-bond acceptors (Lipinski definition) is 4. The van der Waals surface area contributed by atoms with Crippen molar-refractivity contribution in [3.63, 3.8) is 0 Å². The number of aromatic nitrogens is 2. The Hall–Kier alpha value is -2.18. The fraction of sp³-hybridized carbons (Fsp3) is 0.500. The van der Waals surface area contributed by atoms with Gasteiger partial charge in [-0.05, 0) is 29.7 Å². The second-order valence-corrected chi connectivity index (χ2v) is 7.49. The number of aryl methyl sites for hydroxylation is 1. The Bertz CT molecular complexity index is 799. The monoisotopic (exact) mass is 353 g/mol. The Balaban J connectivity index is 1.55. The van der Waals surface area contributed by atoms with E-state index in [0.717, 1.165) is 45.0 Å². The van der Waals surface area contributed by atoms with E-state index in [0.29, 0.717) is 0 Å². The standard InChI is InChI=1S/C20H27N5O/c1-14(26)23-19-13-25(12-18(19)20-22-8-9-24(20)2)11-16-5-3-4-15-10-21-7-6-17(15)16/h3-5,8-9,18-19,21H,6-7,10-13H2,1-2H3,(H,23,26)/t18-,19-/m1/s1. The summed E-state index contributed by atoms with van der Waals surface area (Å²) in [5.41, 5.74) is 4.35. The number of nitrogens with zero attached hydrogens (tertiary/aromatic N) is 3. The first kappa shape index (κ1) is 17.2. The molecule has 1 aromatic carbocycles. The van der Waals surface area contributed by atoms with Gasteiger partial charge in [0, 0.05) is 52.5 Å². The fourth-order valence-corrected chi connectivity index (χ4v) is 4.42. The minimum Gasteiger partial charge on any atom is -0.352 e. The quantitative estimate of drug-likeness (QED) is 0.866. The summed E-state index contributed by atoms with van der Waals surface area (Å²) in [6, 6.07) is 6.76. The van der Waals surface area contributed by atoms with Gasteiger partial charge in [-0.15, -0.1) is 0 Å². The average molecular weight is 353 g/mol. The number of hydrogen-bond donors (Lipinski definition) is 2. The van der Waals surface area contributed by atoms with Crippen LogP contribution in [-0.2, 0) is 31.4 Å². The fourth-order valence-electron chi connectivity index (χ4n) is 4.42. The number of imidazole rings is 1. The molecular formula is C20H27N5O. The Morgan fingerprint density at radius 1 is 1.38 bits per heavy atom. The summed E-state index contributed by atoms with van der Waals surface area (Å²) in [6.45, 7) is 6.32. The molecule has 1 fully saturated rings. The normalized spacial score (nSPS) is 23.0. The molecule has 4 rings (SSSR count). The van der Waals surface area contributed by atoms with E-state index >= 15 is 0 Å². The minimum absolute atomic E-state index is 0.0271. The van der Waals surface area contributed by atoms with Crippen LogP contribution in [0.3, 0.4) is 0 Å². The second-order valence-electron chi connectivity index (χ2n) is 7.49. The molecule has 0 saturated carbocycles. The molecule has 2 atom stereocenters. The van der Waals surface area contributed by atoms with Crippen molar-refractivity contribution >= 4 is 5.91 Å². The van der Waals surface area contributed by atoms with Gasteiger partial charge in [-0.1, -0.05) is 18.2 Å². The molecule has 1 amide bonds. The predicted octanol–water partition coefficient (Wildman–Crippen LogP) is 1.17. The Morgan fingerprint density at radius 2 is 2.27 bits per heavy atom. The summed E-state index contributed by atoms with van der Waals surface area (Å²) in [6.07, 6.45) is 4.91. The summed E-state index contributed by atoms with van der Waals surface area (Å²) in [4.78, 5) is 18.7. The molecule has 1 aromatic heterocycles. The molecule has 2 N–H and O–H groups in total. The van der Waals surface area contributed by atoms with Crippen LogP contribution in [0.4, 0.5) is 0 Å². The number of fused-ring (bicyclic) bond motifs is 1. The van der Waals surface area contributed by atoms with Crippen LogP contribution < -0.4 is 10.6 Å². The lowest BCUT2D eigenvalue weighted by Gasteiger charge is -2.23. The van der Waals surface area contributed by atoms with Gasteiger partial charge in [0.25, 0.3) is 0 Å². The van der Waals surface area contributed by atoms with Crippen molar-refractivity contribution in [2.45, 2.75) is 38.4 Å². The number of nitrogens with one attached hydrogen (secondary N) is 2. The molecule has 138 valence electrons. The Morgan fingerprint density at radius 3 is 3.04 bits per heavy atom. The van der Waals surface area contributed by atoms with E-state index in [2.05, 4.69) is 43.3 Å². The maximum atomic E-state index is 11.7. The number of carbonyl (C=O) groups excluding carboxylic acids is 1. The predicted molar refractivity (Wildman–Crippen MR) is 101 cm³/mol. The highest BCUT2D eigenvalue weighted by molar-refractivity contribution is 5.73. The van der Waals surface area contributed by atoms with Crippen molar-refractivity contribution in [3.05, 3.63) is 53.1 Å². The van der Waals surface area contributed by atoms with Crippen LogP contribution in [0.2, 0.25) is 0 Å². The SMILES string of the molecule is CC(=O)N[C@@H]1CN(Cc2cccc3c2CCNC3)C[C@H]1c1nccn1C. The van der Waals surface area contributed by atoms with E-state index in [4.69, 9.17) is 0 Å². The van der Waals surface area contributed by atoms with Crippen LogP contribution in [0.25, 0.3) is 0 Å². The highest BCUT2D eigenvalue weighted by Crippen LogP contribution is 2.29. The van der Waals surface area contributed by atoms with Gasteiger partial charge in [0.15, 0.2) is 0 Å². The van der Waals surface area contributed by atoms with Crippen molar-refractivity contribution < 1.29 is 4.79 Å². The first-order valence-electron chi connectivity index (χ1n) is 9.39. The van der Waals surface area contributed by atoms with Gasteiger partial charge in [-0.3, -0.25) is 9.69 Å². The molecule has 0 radical (unpaired) electrons. The molecule has 2 aromatic rings. The molecule has 26 heavy (non-hydrogen) atoms. The van der Waals surface area contributed by atoms with Crippen LogP contribution in [0, 0.1) is 0 Å². The largest absolute Gasteiger partial charge is 0.352 e. The molecule has 6 heteroatoms. The van der Waals surface area contributed by atoms with E-state index in [1.807, 2.05) is 19.4 Å². The Labute approximate surface area is 154 Å². The van der Waals surface area contributed by atoms with Crippen molar-refractivity contribution in [3.8, 4) is 0 Å². The smallest absolute Gasteiger partial charge is 0.217 e. The van der Waals surface area contributed by atoms with E-state index in [1.165, 1.54) is 16.7 Å². The molecular weight excluding hydrogens is 326 g/mol. The van der Waals surface area contributed by atoms with Crippen molar-refractivity contribution in [1.82, 2.24) is 25.1 Å². The van der Waals surface area contributed by atoms with E-state index in [-0.39, 0.29) is 17.9 Å². The van der Waals surface area contributed by atoms with Gasteiger partial charge >= 0.3 is 0 Å². The third kappa shape index (κ3) is 3.39. The zero-order valence-electron chi connectivity index (χ0n) is 15.5. The molecule has 2 aliphatic rings. The van der Waals surface area contributed by atoms with Crippen molar-refractivity contribution in [2.75, 3.05) is 19.6 Å². The van der Waals surface area contributed by atoms with Gasteiger partial charge in [0.05, 0.1) is 12.0 Å². The molecule has 3 heterocycles. The zero-order chi connectivity index (χ0) is 18.1. The summed E-state index contributed by atoms with van der Waals surface area (Å²) in [5, 5.41) is 6.59. The molecule has 0 bridgehead atoms. The minimum atomic E-state index is 0.0271. The maximum Gasteiger partial charge on any atom is 0.217 e. The first-order valence-corrected chi connectivity index (χ1v) is 9.39. The third-order valence-electron chi connectivity index (χ3n) is 5.61. The molecule has 1 saturated heterocycles. The topological polar surface area (TPSA) is 62.2 Å². The second kappa shape index (κ2) is 7.21. The van der Waals surface area contributed by atoms with Gasteiger partial charge in [-0.2, -0.15) is 0 Å². The first-order chi connectivity index (χ1) is 12.6. The van der Waals surface area contributed by atoms with E-state index in [9.17, 15) is 4.79 Å². The summed E-state index contributed by atoms with van der Waals surface area (Å²) in [7, 11) is 2.02. The lowest BCUT2D eigenvalue weighted by atomic mass is 9.95. The van der Waals surface area contributed by atoms with Gasteiger partial charge < -0.3 is 15.2 Å². The number of amides is 1. The molecule has 6 nitrogen and oxygen atoms in total. The highest BCUT2D eigenvalue weighted by Gasteiger charge is 2.36. The van der Waals surface area contributed by atoms with Crippen molar-refractivity contribution in [1.29, 1.82) is 0 Å². The summed E-state index contributed by atoms with van der Waals surface area (Å²) >= 11 is 0. The van der Waals surface area contributed by atoms with Crippen LogP contribution in [0.1, 0.15) is 35.4 Å². The molecule has 0 unspecified atom stereocenters. The summed E-state index contributed by atoms with van der Waals surface area (Å²) < 4.78 is 2.07. The van der Waals surface area contributed by atoms with E-state index < -0.39 is 0 Å². The van der Waals surface area contributed by atoms with Crippen LogP contribution in [0.5, 0.6) is 0 Å². The Kier molecular flexibility index (Phi) is 4.78. The summed E-state index contributed by atoms with van der Waals surface area (Å²) in [5.74, 6) is 1.30. The number of benzene rings is 1. The van der Waals surface area contributed by atoms with Crippen LogP contribution in [-0.4, -0.2) is 46.0 Å². The van der Waals surface area contributed by atoms with Gasteiger partial charge in [0.2, 0.25) is 5.91 Å². The van der Waals surface area contributed by atoms with E-state index in [1.54, 1.807) is 6.92 Å². The molecule has 0 spiro atoms. The maximum absolute atomic E-state index is 11.7. The molecule has 0 aliphatic carbocycles. The molecule has 2 aliphatic heterocycles. The van der Waals surface area contributed by atoms with Crippen LogP contribution in [0.15, 0.2) is 30.6 Å². The number of carbonyl (C=O) groups is 1. The zero-order valence-corrected chi connectivity index (χ0v) is 15.5. The average Bonchev–Trinajstić information content (AvgIpc) is 3.20. The van der Waals surface area contributed by atoms with Gasteiger partial charge in [-0.25, -0.2) is 4.98 Å². The lowest BCUT2D eigenvalue weighted by Crippen LogP contribution is -2.39. The number of likely N-dealkylation sites (tertiary alicyclic amines) is 1. The van der Waals surface area contributed by atoms with Crippen molar-refractivity contribution in [2.24, 2.45) is 7.05 Å². The third-order valence-corrected chi connectivity index (χ3v) is 5.61.